The first-order valence-electron chi connectivity index (χ1n) is 8.35. The Hall–Kier alpha value is -2.86. The Morgan fingerprint density at radius 3 is 2.88 bits per heavy atom. The standard InChI is InChI=1S/C19H20N4O2/c1-25-15-5-2-13(3-6-15)18-11-20-8-9-23(18)19(24)14-4-7-16-17(10-14)22-12-21-16/h2-7,10,12,18,20H,8-9,11H2,1H3,(H,21,22). The van der Waals surface area contributed by atoms with Crippen LogP contribution in [0.4, 0.5) is 0 Å². The smallest absolute Gasteiger partial charge is 0.254 e. The average molecular weight is 336 g/mol. The Balaban J connectivity index is 1.63. The molecule has 6 nitrogen and oxygen atoms in total. The number of ether oxygens (including phenoxy) is 1. The van der Waals surface area contributed by atoms with Crippen LogP contribution in [0.15, 0.2) is 48.8 Å². The molecule has 2 heterocycles. The van der Waals surface area contributed by atoms with E-state index in [1.807, 2.05) is 47.4 Å². The predicted octanol–water partition coefficient (Wildman–Crippen LogP) is 2.36. The Kier molecular flexibility index (Phi) is 4.11. The molecule has 25 heavy (non-hydrogen) atoms. The molecule has 1 aliphatic rings. The summed E-state index contributed by atoms with van der Waals surface area (Å²) in [6.07, 6.45) is 1.64. The minimum Gasteiger partial charge on any atom is -0.497 e. The van der Waals surface area contributed by atoms with Gasteiger partial charge in [-0.1, -0.05) is 12.1 Å². The fourth-order valence-corrected chi connectivity index (χ4v) is 3.31. The molecule has 1 fully saturated rings. The van der Waals surface area contributed by atoms with Crippen LogP contribution in [0.1, 0.15) is 22.0 Å². The second-order valence-corrected chi connectivity index (χ2v) is 6.13. The molecule has 0 radical (unpaired) electrons. The number of carbonyl (C=O) groups is 1. The Labute approximate surface area is 145 Å². The molecule has 0 aliphatic carbocycles. The lowest BCUT2D eigenvalue weighted by atomic mass is 10.0. The molecule has 1 aliphatic heterocycles. The first-order valence-corrected chi connectivity index (χ1v) is 8.35. The molecule has 3 aromatic rings. The van der Waals surface area contributed by atoms with E-state index in [2.05, 4.69) is 15.3 Å². The summed E-state index contributed by atoms with van der Waals surface area (Å²) in [5.41, 5.74) is 3.52. The van der Waals surface area contributed by atoms with Crippen LogP contribution >= 0.6 is 0 Å². The number of benzene rings is 2. The summed E-state index contributed by atoms with van der Waals surface area (Å²) in [4.78, 5) is 22.3. The van der Waals surface area contributed by atoms with E-state index in [1.165, 1.54) is 0 Å². The normalized spacial score (nSPS) is 17.6. The fraction of sp³-hybridized carbons (Fsp3) is 0.263. The summed E-state index contributed by atoms with van der Waals surface area (Å²) in [5, 5.41) is 3.38. The van der Waals surface area contributed by atoms with Gasteiger partial charge in [0.2, 0.25) is 0 Å². The molecule has 2 aromatic carbocycles. The second-order valence-electron chi connectivity index (χ2n) is 6.13. The minimum atomic E-state index is 0.00428. The summed E-state index contributed by atoms with van der Waals surface area (Å²) >= 11 is 0. The largest absolute Gasteiger partial charge is 0.497 e. The van der Waals surface area contributed by atoms with Gasteiger partial charge in [-0.15, -0.1) is 0 Å². The summed E-state index contributed by atoms with van der Waals surface area (Å²) < 4.78 is 5.23. The van der Waals surface area contributed by atoms with Crippen LogP contribution in [0.5, 0.6) is 5.75 Å². The van der Waals surface area contributed by atoms with Crippen molar-refractivity contribution in [3.63, 3.8) is 0 Å². The van der Waals surface area contributed by atoms with E-state index >= 15 is 0 Å². The number of imidazole rings is 1. The molecule has 6 heteroatoms. The van der Waals surface area contributed by atoms with Crippen LogP contribution in [0.25, 0.3) is 11.0 Å². The topological polar surface area (TPSA) is 70.2 Å². The van der Waals surface area contributed by atoms with Crippen LogP contribution in [0.2, 0.25) is 0 Å². The van der Waals surface area contributed by atoms with Gasteiger partial charge in [0.15, 0.2) is 0 Å². The van der Waals surface area contributed by atoms with Crippen molar-refractivity contribution in [2.75, 3.05) is 26.7 Å². The summed E-state index contributed by atoms with van der Waals surface area (Å²) in [6, 6.07) is 13.5. The highest BCUT2D eigenvalue weighted by Crippen LogP contribution is 2.26. The molecule has 128 valence electrons. The number of aromatic amines is 1. The third-order valence-corrected chi connectivity index (χ3v) is 4.67. The molecular weight excluding hydrogens is 316 g/mol. The predicted molar refractivity (Wildman–Crippen MR) is 95.7 cm³/mol. The molecule has 0 bridgehead atoms. The third-order valence-electron chi connectivity index (χ3n) is 4.67. The lowest BCUT2D eigenvalue weighted by Gasteiger charge is -2.36. The van der Waals surface area contributed by atoms with Crippen molar-refractivity contribution < 1.29 is 9.53 Å². The van der Waals surface area contributed by atoms with Crippen molar-refractivity contribution in [2.45, 2.75) is 6.04 Å². The maximum absolute atomic E-state index is 13.1. The number of hydrogen-bond donors (Lipinski definition) is 2. The number of nitrogens with zero attached hydrogens (tertiary/aromatic N) is 2. The van der Waals surface area contributed by atoms with Gasteiger partial charge in [-0.25, -0.2) is 4.98 Å². The van der Waals surface area contributed by atoms with E-state index in [4.69, 9.17) is 4.74 Å². The number of amides is 1. The highest BCUT2D eigenvalue weighted by Gasteiger charge is 2.28. The van der Waals surface area contributed by atoms with E-state index in [1.54, 1.807) is 13.4 Å². The van der Waals surface area contributed by atoms with Gasteiger partial charge in [-0.2, -0.15) is 0 Å². The van der Waals surface area contributed by atoms with Crippen molar-refractivity contribution in [3.05, 3.63) is 59.9 Å². The zero-order chi connectivity index (χ0) is 17.2. The second kappa shape index (κ2) is 6.57. The summed E-state index contributed by atoms with van der Waals surface area (Å²) in [7, 11) is 1.65. The molecule has 1 saturated heterocycles. The molecule has 0 saturated carbocycles. The number of H-pyrrole nitrogens is 1. The molecule has 1 unspecified atom stereocenters. The van der Waals surface area contributed by atoms with Gasteiger partial charge in [-0.05, 0) is 35.9 Å². The van der Waals surface area contributed by atoms with Crippen molar-refractivity contribution in [1.29, 1.82) is 0 Å². The number of methoxy groups -OCH3 is 1. The fourth-order valence-electron chi connectivity index (χ4n) is 3.31. The molecule has 4 rings (SSSR count). The number of piperazine rings is 1. The summed E-state index contributed by atoms with van der Waals surface area (Å²) in [5.74, 6) is 0.855. The molecular formula is C19H20N4O2. The van der Waals surface area contributed by atoms with Crippen molar-refractivity contribution >= 4 is 16.9 Å². The van der Waals surface area contributed by atoms with Gasteiger partial charge in [-0.3, -0.25) is 4.79 Å². The van der Waals surface area contributed by atoms with Crippen LogP contribution < -0.4 is 10.1 Å². The van der Waals surface area contributed by atoms with E-state index < -0.39 is 0 Å². The van der Waals surface area contributed by atoms with Gasteiger partial charge in [0.1, 0.15) is 5.75 Å². The Morgan fingerprint density at radius 2 is 2.08 bits per heavy atom. The van der Waals surface area contributed by atoms with Crippen molar-refractivity contribution in [3.8, 4) is 5.75 Å². The first kappa shape index (κ1) is 15.7. The highest BCUT2D eigenvalue weighted by atomic mass is 16.5. The van der Waals surface area contributed by atoms with Gasteiger partial charge in [0, 0.05) is 25.2 Å². The minimum absolute atomic E-state index is 0.00428. The summed E-state index contributed by atoms with van der Waals surface area (Å²) in [6.45, 7) is 2.21. The zero-order valence-electron chi connectivity index (χ0n) is 14.0. The Morgan fingerprint density at radius 1 is 1.24 bits per heavy atom. The van der Waals surface area contributed by atoms with Crippen molar-refractivity contribution in [1.82, 2.24) is 20.2 Å². The van der Waals surface area contributed by atoms with Crippen LogP contribution in [-0.4, -0.2) is 47.5 Å². The lowest BCUT2D eigenvalue weighted by molar-refractivity contribution is 0.0634. The molecule has 2 N–H and O–H groups in total. The number of nitrogens with one attached hydrogen (secondary N) is 2. The third kappa shape index (κ3) is 2.96. The molecule has 1 amide bonds. The van der Waals surface area contributed by atoms with Crippen LogP contribution in [0.3, 0.4) is 0 Å². The lowest BCUT2D eigenvalue weighted by Crippen LogP contribution is -2.48. The number of rotatable bonds is 3. The van der Waals surface area contributed by atoms with Gasteiger partial charge < -0.3 is 19.9 Å². The van der Waals surface area contributed by atoms with Gasteiger partial charge >= 0.3 is 0 Å². The molecule has 1 aromatic heterocycles. The number of fused-ring (bicyclic) bond motifs is 1. The van der Waals surface area contributed by atoms with Crippen molar-refractivity contribution in [2.24, 2.45) is 0 Å². The van der Waals surface area contributed by atoms with E-state index in [9.17, 15) is 4.79 Å². The van der Waals surface area contributed by atoms with Gasteiger partial charge in [0.05, 0.1) is 30.5 Å². The number of carbonyl (C=O) groups excluding carboxylic acids is 1. The van der Waals surface area contributed by atoms with Gasteiger partial charge in [0.25, 0.3) is 5.91 Å². The number of aromatic nitrogens is 2. The van der Waals surface area contributed by atoms with E-state index in [0.29, 0.717) is 12.1 Å². The van der Waals surface area contributed by atoms with Crippen LogP contribution in [-0.2, 0) is 0 Å². The maximum Gasteiger partial charge on any atom is 0.254 e. The molecule has 0 spiro atoms. The van der Waals surface area contributed by atoms with E-state index in [-0.39, 0.29) is 11.9 Å². The Bertz CT molecular complexity index is 888. The highest BCUT2D eigenvalue weighted by molar-refractivity contribution is 5.97. The quantitative estimate of drug-likeness (QED) is 0.770. The number of hydrogen-bond acceptors (Lipinski definition) is 4. The monoisotopic (exact) mass is 336 g/mol. The maximum atomic E-state index is 13.1. The SMILES string of the molecule is COc1ccc(C2CNCCN2C(=O)c2ccc3nc[nH]c3c2)cc1. The zero-order valence-corrected chi connectivity index (χ0v) is 14.0. The molecule has 1 atom stereocenters. The van der Waals surface area contributed by atoms with Crippen LogP contribution in [0, 0.1) is 0 Å². The average Bonchev–Trinajstić information content (AvgIpc) is 3.15. The van der Waals surface area contributed by atoms with E-state index in [0.717, 1.165) is 35.4 Å². The first-order chi connectivity index (χ1) is 12.3.